The Hall–Kier alpha value is -2.88. The Kier molecular flexibility index (Phi) is 4.21. The summed E-state index contributed by atoms with van der Waals surface area (Å²) in [6.07, 6.45) is 0. The van der Waals surface area contributed by atoms with E-state index in [1.54, 1.807) is 0 Å². The van der Waals surface area contributed by atoms with Gasteiger partial charge in [0, 0.05) is 12.7 Å². The number of hydrogen-bond donors (Lipinski definition) is 1. The molecule has 3 rings (SSSR count). The second-order valence-corrected chi connectivity index (χ2v) is 6.66. The summed E-state index contributed by atoms with van der Waals surface area (Å²) in [5.41, 5.74) is 6.72. The maximum atomic E-state index is 12.7. The van der Waals surface area contributed by atoms with Crippen molar-refractivity contribution in [2.24, 2.45) is 0 Å². The summed E-state index contributed by atoms with van der Waals surface area (Å²) in [5.74, 6) is -0.583. The molecule has 4 heteroatoms. The van der Waals surface area contributed by atoms with Gasteiger partial charge in [-0.05, 0) is 61.6 Å². The lowest BCUT2D eigenvalue weighted by Gasteiger charge is -2.12. The average molecular weight is 334 g/mol. The Morgan fingerprint density at radius 1 is 0.800 bits per heavy atom. The third kappa shape index (κ3) is 2.95. The van der Waals surface area contributed by atoms with Crippen LogP contribution in [0.25, 0.3) is 5.57 Å². The van der Waals surface area contributed by atoms with Gasteiger partial charge >= 0.3 is 0 Å². The normalized spacial score (nSPS) is 14.5. The molecule has 128 valence electrons. The van der Waals surface area contributed by atoms with Crippen LogP contribution >= 0.6 is 0 Å². The minimum Gasteiger partial charge on any atom is -0.350 e. The first kappa shape index (κ1) is 17.0. The van der Waals surface area contributed by atoms with E-state index in [0.717, 1.165) is 38.4 Å². The van der Waals surface area contributed by atoms with Crippen LogP contribution in [0.1, 0.15) is 27.8 Å². The maximum Gasteiger partial charge on any atom is 0.277 e. The number of imide groups is 1. The second-order valence-electron chi connectivity index (χ2n) is 6.66. The van der Waals surface area contributed by atoms with E-state index in [1.807, 2.05) is 64.1 Å². The smallest absolute Gasteiger partial charge is 0.277 e. The highest BCUT2D eigenvalue weighted by atomic mass is 16.2. The standard InChI is InChI=1S/C21H22N2O2/c1-12-6-7-14(3)17(10-12)22-19-18(20(24)23(5)21(19)25)16-9-8-13(2)15(4)11-16/h6-11,22H,1-5H3. The van der Waals surface area contributed by atoms with Gasteiger partial charge in [-0.15, -0.1) is 0 Å². The zero-order valence-electron chi connectivity index (χ0n) is 15.2. The Morgan fingerprint density at radius 2 is 1.48 bits per heavy atom. The lowest BCUT2D eigenvalue weighted by molar-refractivity contribution is -0.135. The van der Waals surface area contributed by atoms with Crippen LogP contribution < -0.4 is 5.32 Å². The Labute approximate surface area is 148 Å². The van der Waals surface area contributed by atoms with Gasteiger partial charge < -0.3 is 5.32 Å². The van der Waals surface area contributed by atoms with Crippen molar-refractivity contribution >= 4 is 23.1 Å². The Morgan fingerprint density at radius 3 is 2.16 bits per heavy atom. The minimum absolute atomic E-state index is 0.277. The van der Waals surface area contributed by atoms with Crippen LogP contribution in [0.2, 0.25) is 0 Å². The number of benzene rings is 2. The number of anilines is 1. The van der Waals surface area contributed by atoms with E-state index in [-0.39, 0.29) is 11.8 Å². The van der Waals surface area contributed by atoms with Crippen LogP contribution in [-0.2, 0) is 9.59 Å². The summed E-state index contributed by atoms with van der Waals surface area (Å²) in [4.78, 5) is 26.5. The molecule has 0 aromatic heterocycles. The quantitative estimate of drug-likeness (QED) is 0.870. The number of aryl methyl sites for hydroxylation is 4. The van der Waals surface area contributed by atoms with Gasteiger partial charge in [0.05, 0.1) is 5.57 Å². The number of hydrogen-bond acceptors (Lipinski definition) is 3. The molecule has 0 atom stereocenters. The van der Waals surface area contributed by atoms with E-state index in [9.17, 15) is 9.59 Å². The zero-order chi connectivity index (χ0) is 18.3. The number of carbonyl (C=O) groups is 2. The van der Waals surface area contributed by atoms with Gasteiger partial charge in [0.15, 0.2) is 0 Å². The molecule has 0 spiro atoms. The summed E-state index contributed by atoms with van der Waals surface area (Å²) in [5, 5.41) is 3.21. The summed E-state index contributed by atoms with van der Waals surface area (Å²) >= 11 is 0. The van der Waals surface area contributed by atoms with Gasteiger partial charge in [0.25, 0.3) is 11.8 Å². The van der Waals surface area contributed by atoms with Crippen molar-refractivity contribution in [1.82, 2.24) is 4.90 Å². The van der Waals surface area contributed by atoms with Gasteiger partial charge in [-0.2, -0.15) is 0 Å². The van der Waals surface area contributed by atoms with Crippen molar-refractivity contribution in [1.29, 1.82) is 0 Å². The second kappa shape index (κ2) is 6.20. The minimum atomic E-state index is -0.306. The average Bonchev–Trinajstić information content (AvgIpc) is 2.78. The van der Waals surface area contributed by atoms with E-state index >= 15 is 0 Å². The lowest BCUT2D eigenvalue weighted by Crippen LogP contribution is -2.28. The van der Waals surface area contributed by atoms with E-state index in [1.165, 1.54) is 7.05 Å². The largest absolute Gasteiger partial charge is 0.350 e. The Balaban J connectivity index is 2.14. The molecule has 25 heavy (non-hydrogen) atoms. The Bertz CT molecular complexity index is 925. The number of nitrogens with zero attached hydrogens (tertiary/aromatic N) is 1. The van der Waals surface area contributed by atoms with Crippen molar-refractivity contribution in [2.75, 3.05) is 12.4 Å². The van der Waals surface area contributed by atoms with E-state index < -0.39 is 0 Å². The van der Waals surface area contributed by atoms with Gasteiger partial charge in [-0.25, -0.2) is 0 Å². The van der Waals surface area contributed by atoms with Gasteiger partial charge in [-0.3, -0.25) is 14.5 Å². The molecule has 0 aliphatic carbocycles. The van der Waals surface area contributed by atoms with Crippen molar-refractivity contribution in [3.05, 3.63) is 69.9 Å². The fraction of sp³-hybridized carbons (Fsp3) is 0.238. The van der Waals surface area contributed by atoms with Gasteiger partial charge in [0.2, 0.25) is 0 Å². The first-order valence-corrected chi connectivity index (χ1v) is 8.28. The number of amides is 2. The molecule has 2 amide bonds. The fourth-order valence-electron chi connectivity index (χ4n) is 2.93. The van der Waals surface area contributed by atoms with Crippen LogP contribution in [0.15, 0.2) is 42.1 Å². The number of nitrogens with one attached hydrogen (secondary N) is 1. The highest BCUT2D eigenvalue weighted by molar-refractivity contribution is 6.36. The van der Waals surface area contributed by atoms with Crippen molar-refractivity contribution < 1.29 is 9.59 Å². The highest BCUT2D eigenvalue weighted by Gasteiger charge is 2.37. The van der Waals surface area contributed by atoms with Crippen LogP contribution in [0.4, 0.5) is 5.69 Å². The number of likely N-dealkylation sites (N-methyl/N-ethyl adjacent to an activating group) is 1. The van der Waals surface area contributed by atoms with Crippen molar-refractivity contribution in [3.63, 3.8) is 0 Å². The van der Waals surface area contributed by atoms with E-state index in [0.29, 0.717) is 11.3 Å². The molecule has 1 heterocycles. The maximum absolute atomic E-state index is 12.7. The highest BCUT2D eigenvalue weighted by Crippen LogP contribution is 2.31. The zero-order valence-corrected chi connectivity index (χ0v) is 15.2. The van der Waals surface area contributed by atoms with Crippen LogP contribution in [0, 0.1) is 27.7 Å². The number of carbonyl (C=O) groups excluding carboxylic acids is 2. The summed E-state index contributed by atoms with van der Waals surface area (Å²) < 4.78 is 0. The fourth-order valence-corrected chi connectivity index (χ4v) is 2.93. The summed E-state index contributed by atoms with van der Waals surface area (Å²) in [7, 11) is 1.52. The molecule has 1 N–H and O–H groups in total. The monoisotopic (exact) mass is 334 g/mol. The van der Waals surface area contributed by atoms with Gasteiger partial charge in [-0.1, -0.05) is 30.3 Å². The third-order valence-electron chi connectivity index (χ3n) is 4.74. The topological polar surface area (TPSA) is 49.4 Å². The lowest BCUT2D eigenvalue weighted by atomic mass is 9.99. The van der Waals surface area contributed by atoms with Crippen LogP contribution in [-0.4, -0.2) is 23.8 Å². The van der Waals surface area contributed by atoms with Crippen molar-refractivity contribution in [3.8, 4) is 0 Å². The molecule has 0 unspecified atom stereocenters. The summed E-state index contributed by atoms with van der Waals surface area (Å²) in [6, 6.07) is 11.8. The van der Waals surface area contributed by atoms with Crippen LogP contribution in [0.3, 0.4) is 0 Å². The predicted molar refractivity (Wildman–Crippen MR) is 100 cm³/mol. The third-order valence-corrected chi connectivity index (χ3v) is 4.74. The van der Waals surface area contributed by atoms with Gasteiger partial charge in [0.1, 0.15) is 5.70 Å². The molecule has 0 saturated heterocycles. The van der Waals surface area contributed by atoms with Crippen molar-refractivity contribution in [2.45, 2.75) is 27.7 Å². The van der Waals surface area contributed by atoms with E-state index in [2.05, 4.69) is 5.32 Å². The molecule has 0 bridgehead atoms. The first-order chi connectivity index (χ1) is 11.8. The molecule has 2 aromatic carbocycles. The summed E-state index contributed by atoms with van der Waals surface area (Å²) in [6.45, 7) is 8.00. The molecular weight excluding hydrogens is 312 g/mol. The molecule has 4 nitrogen and oxygen atoms in total. The SMILES string of the molecule is Cc1ccc(C)c(NC2=C(c3ccc(C)c(C)c3)C(=O)N(C)C2=O)c1. The molecule has 0 radical (unpaired) electrons. The number of rotatable bonds is 3. The first-order valence-electron chi connectivity index (χ1n) is 8.28. The molecule has 0 fully saturated rings. The predicted octanol–water partition coefficient (Wildman–Crippen LogP) is 3.74. The van der Waals surface area contributed by atoms with Crippen LogP contribution in [0.5, 0.6) is 0 Å². The van der Waals surface area contributed by atoms with E-state index in [4.69, 9.17) is 0 Å². The molecular formula is C21H22N2O2. The molecule has 2 aromatic rings. The molecule has 1 aliphatic heterocycles. The molecule has 1 aliphatic rings. The molecule has 0 saturated carbocycles.